The van der Waals surface area contributed by atoms with Gasteiger partial charge in [0, 0.05) is 30.2 Å². The summed E-state index contributed by atoms with van der Waals surface area (Å²) < 4.78 is 5.81. The van der Waals surface area contributed by atoms with Gasteiger partial charge in [0.25, 0.3) is 0 Å². The average molecular weight is 274 g/mol. The predicted molar refractivity (Wildman–Crippen MR) is 82.8 cm³/mol. The van der Waals surface area contributed by atoms with E-state index in [1.165, 1.54) is 31.4 Å². The van der Waals surface area contributed by atoms with Gasteiger partial charge in [0.2, 0.25) is 0 Å². The number of ether oxygens (including phenoxy) is 1. The molecule has 1 aliphatic heterocycles. The highest BCUT2D eigenvalue weighted by Crippen LogP contribution is 2.49. The molecule has 2 N–H and O–H groups in total. The number of nitrogens with zero attached hydrogens (tertiary/aromatic N) is 1. The lowest BCUT2D eigenvalue weighted by molar-refractivity contribution is -0.0587. The van der Waals surface area contributed by atoms with Crippen LogP contribution in [0.2, 0.25) is 0 Å². The van der Waals surface area contributed by atoms with Gasteiger partial charge in [0.05, 0.1) is 12.7 Å². The molecule has 1 heterocycles. The highest BCUT2D eigenvalue weighted by Gasteiger charge is 2.46. The normalized spacial score (nSPS) is 29.3. The Balaban J connectivity index is 1.73. The van der Waals surface area contributed by atoms with Crippen molar-refractivity contribution in [3.05, 3.63) is 29.8 Å². The molecule has 3 rings (SSSR count). The second-order valence-electron chi connectivity index (χ2n) is 6.54. The molecule has 0 amide bonds. The first-order valence-electron chi connectivity index (χ1n) is 7.84. The van der Waals surface area contributed by atoms with Gasteiger partial charge >= 0.3 is 0 Å². The van der Waals surface area contributed by atoms with Crippen molar-refractivity contribution in [3.8, 4) is 0 Å². The molecular formula is C17H26N2O. The van der Waals surface area contributed by atoms with Crippen LogP contribution in [0.4, 0.5) is 5.69 Å². The molecule has 2 atom stereocenters. The summed E-state index contributed by atoms with van der Waals surface area (Å²) in [5, 5.41) is 0. The molecule has 2 aliphatic rings. The summed E-state index contributed by atoms with van der Waals surface area (Å²) in [7, 11) is 0. The molecule has 0 aromatic heterocycles. The van der Waals surface area contributed by atoms with Crippen LogP contribution in [-0.4, -0.2) is 36.7 Å². The van der Waals surface area contributed by atoms with Crippen LogP contribution in [0.5, 0.6) is 0 Å². The van der Waals surface area contributed by atoms with Gasteiger partial charge in [-0.15, -0.1) is 0 Å². The van der Waals surface area contributed by atoms with E-state index in [9.17, 15) is 0 Å². The van der Waals surface area contributed by atoms with Gasteiger partial charge in [0.15, 0.2) is 0 Å². The van der Waals surface area contributed by atoms with Crippen molar-refractivity contribution in [3.63, 3.8) is 0 Å². The third-order valence-corrected chi connectivity index (χ3v) is 4.93. The Morgan fingerprint density at radius 1 is 1.30 bits per heavy atom. The molecule has 1 aromatic rings. The van der Waals surface area contributed by atoms with Gasteiger partial charge in [-0.05, 0) is 43.9 Å². The minimum absolute atomic E-state index is 0.361. The molecule has 110 valence electrons. The van der Waals surface area contributed by atoms with E-state index >= 15 is 0 Å². The van der Waals surface area contributed by atoms with E-state index in [1.807, 2.05) is 12.1 Å². The summed E-state index contributed by atoms with van der Waals surface area (Å²) in [6.45, 7) is 7.56. The number of anilines is 1. The van der Waals surface area contributed by atoms with Crippen LogP contribution in [0.1, 0.15) is 38.7 Å². The Bertz CT molecular complexity index is 453. The van der Waals surface area contributed by atoms with E-state index < -0.39 is 0 Å². The zero-order valence-corrected chi connectivity index (χ0v) is 12.6. The summed E-state index contributed by atoms with van der Waals surface area (Å²) in [6, 6.07) is 9.08. The van der Waals surface area contributed by atoms with Gasteiger partial charge in [-0.3, -0.25) is 4.90 Å². The number of hydrogen-bond donors (Lipinski definition) is 1. The number of morpholine rings is 1. The van der Waals surface area contributed by atoms with Crippen LogP contribution >= 0.6 is 0 Å². The van der Waals surface area contributed by atoms with Crippen LogP contribution in [0.3, 0.4) is 0 Å². The summed E-state index contributed by atoms with van der Waals surface area (Å²) >= 11 is 0. The number of nitrogens with two attached hydrogens (primary N) is 1. The van der Waals surface area contributed by atoms with E-state index in [-0.39, 0.29) is 0 Å². The lowest BCUT2D eigenvalue weighted by Gasteiger charge is -2.40. The molecule has 0 radical (unpaired) electrons. The van der Waals surface area contributed by atoms with Crippen molar-refractivity contribution in [2.45, 2.75) is 50.7 Å². The van der Waals surface area contributed by atoms with E-state index in [0.717, 1.165) is 18.8 Å². The van der Waals surface area contributed by atoms with Crippen LogP contribution in [0, 0.1) is 0 Å². The molecule has 1 saturated heterocycles. The van der Waals surface area contributed by atoms with Crippen molar-refractivity contribution in [1.29, 1.82) is 0 Å². The molecular weight excluding hydrogens is 248 g/mol. The molecule has 20 heavy (non-hydrogen) atoms. The van der Waals surface area contributed by atoms with E-state index in [4.69, 9.17) is 10.5 Å². The molecule has 2 unspecified atom stereocenters. The zero-order chi connectivity index (χ0) is 14.2. The van der Waals surface area contributed by atoms with Crippen LogP contribution in [0.25, 0.3) is 0 Å². The third kappa shape index (κ3) is 2.70. The third-order valence-electron chi connectivity index (χ3n) is 4.93. The Morgan fingerprint density at radius 2 is 2.00 bits per heavy atom. The maximum absolute atomic E-state index is 5.81. The predicted octanol–water partition coefficient (Wildman–Crippen LogP) is 2.80. The number of nitrogen functional groups attached to an aromatic ring is 1. The summed E-state index contributed by atoms with van der Waals surface area (Å²) in [6.07, 6.45) is 4.14. The highest BCUT2D eigenvalue weighted by atomic mass is 16.5. The second-order valence-corrected chi connectivity index (χ2v) is 6.54. The Morgan fingerprint density at radius 3 is 2.60 bits per heavy atom. The van der Waals surface area contributed by atoms with Gasteiger partial charge < -0.3 is 10.5 Å². The molecule has 0 spiro atoms. The van der Waals surface area contributed by atoms with E-state index in [1.54, 1.807) is 0 Å². The topological polar surface area (TPSA) is 38.5 Å². The number of rotatable bonds is 4. The first kappa shape index (κ1) is 13.9. The summed E-state index contributed by atoms with van der Waals surface area (Å²) in [5.74, 6) is 0. The lowest BCUT2D eigenvalue weighted by Crippen LogP contribution is -2.51. The zero-order valence-electron chi connectivity index (χ0n) is 12.6. The largest absolute Gasteiger partial charge is 0.399 e. The number of hydrogen-bond acceptors (Lipinski definition) is 3. The van der Waals surface area contributed by atoms with Crippen molar-refractivity contribution in [1.82, 2.24) is 4.90 Å². The van der Waals surface area contributed by atoms with Crippen molar-refractivity contribution in [2.24, 2.45) is 0 Å². The molecule has 3 nitrogen and oxygen atoms in total. The quantitative estimate of drug-likeness (QED) is 0.858. The molecule has 1 aromatic carbocycles. The monoisotopic (exact) mass is 274 g/mol. The Labute approximate surface area is 122 Å². The van der Waals surface area contributed by atoms with Gasteiger partial charge in [-0.2, -0.15) is 0 Å². The number of benzene rings is 1. The van der Waals surface area contributed by atoms with Crippen LogP contribution in [0.15, 0.2) is 24.3 Å². The molecule has 0 bridgehead atoms. The minimum Gasteiger partial charge on any atom is -0.399 e. The Hall–Kier alpha value is -1.06. The Kier molecular flexibility index (Phi) is 3.74. The van der Waals surface area contributed by atoms with E-state index in [2.05, 4.69) is 30.9 Å². The standard InChI is InChI=1S/C17H26N2O/c1-3-16-11-20-13(2)10-19(16)12-17(8-9-17)14-4-6-15(18)7-5-14/h4-7,13,16H,3,8-12,18H2,1-2H3. The second kappa shape index (κ2) is 5.38. The summed E-state index contributed by atoms with van der Waals surface area (Å²) in [5.41, 5.74) is 8.50. The fourth-order valence-corrected chi connectivity index (χ4v) is 3.40. The first-order chi connectivity index (χ1) is 9.63. The maximum Gasteiger partial charge on any atom is 0.0674 e. The molecule has 3 heteroatoms. The minimum atomic E-state index is 0.361. The molecule has 2 fully saturated rings. The van der Waals surface area contributed by atoms with Gasteiger partial charge in [0.1, 0.15) is 0 Å². The van der Waals surface area contributed by atoms with Crippen molar-refractivity contribution < 1.29 is 4.74 Å². The van der Waals surface area contributed by atoms with Crippen molar-refractivity contribution >= 4 is 5.69 Å². The van der Waals surface area contributed by atoms with Gasteiger partial charge in [-0.1, -0.05) is 19.1 Å². The maximum atomic E-state index is 5.81. The van der Waals surface area contributed by atoms with Crippen molar-refractivity contribution in [2.75, 3.05) is 25.4 Å². The summed E-state index contributed by atoms with van der Waals surface area (Å²) in [4.78, 5) is 2.65. The van der Waals surface area contributed by atoms with Gasteiger partial charge in [-0.25, -0.2) is 0 Å². The fraction of sp³-hybridized carbons (Fsp3) is 0.647. The molecule has 1 aliphatic carbocycles. The average Bonchev–Trinajstić information content (AvgIpc) is 3.20. The lowest BCUT2D eigenvalue weighted by atomic mass is 9.93. The van der Waals surface area contributed by atoms with Crippen LogP contribution in [-0.2, 0) is 10.2 Å². The highest BCUT2D eigenvalue weighted by molar-refractivity contribution is 5.43. The SMILES string of the molecule is CCC1COC(C)CN1CC1(c2ccc(N)cc2)CC1. The fourth-order valence-electron chi connectivity index (χ4n) is 3.40. The van der Waals surface area contributed by atoms with E-state index in [0.29, 0.717) is 17.6 Å². The van der Waals surface area contributed by atoms with Crippen LogP contribution < -0.4 is 5.73 Å². The molecule has 1 saturated carbocycles. The smallest absolute Gasteiger partial charge is 0.0674 e. The first-order valence-corrected chi connectivity index (χ1v) is 7.84.